The molecule has 1 saturated heterocycles. The Bertz CT molecular complexity index is 301. The van der Waals surface area contributed by atoms with E-state index in [1.807, 2.05) is 4.90 Å². The topological polar surface area (TPSA) is 37.4 Å². The van der Waals surface area contributed by atoms with E-state index in [0.29, 0.717) is 12.2 Å². The fraction of sp³-hybridized carbons (Fsp3) is 0.857. The standard InChI is InChI=1S/C14H23NO2/c1-2-3-9-14(17)15-10-5-7-12(15)11-6-4-8-13(11)16/h11-12H,2-10H2,1H3. The van der Waals surface area contributed by atoms with E-state index in [1.54, 1.807) is 0 Å². The first kappa shape index (κ1) is 12.6. The molecule has 17 heavy (non-hydrogen) atoms. The van der Waals surface area contributed by atoms with Crippen LogP contribution < -0.4 is 0 Å². The minimum atomic E-state index is 0.156. The molecule has 1 aliphatic carbocycles. The molecule has 1 aliphatic heterocycles. The fourth-order valence-electron chi connectivity index (χ4n) is 3.24. The molecule has 2 rings (SSSR count). The third-order valence-corrected chi connectivity index (χ3v) is 4.18. The van der Waals surface area contributed by atoms with Crippen molar-refractivity contribution in [3.05, 3.63) is 0 Å². The number of amides is 1. The number of nitrogens with zero attached hydrogens (tertiary/aromatic N) is 1. The van der Waals surface area contributed by atoms with E-state index in [1.165, 1.54) is 0 Å². The second kappa shape index (κ2) is 5.65. The zero-order valence-electron chi connectivity index (χ0n) is 10.8. The van der Waals surface area contributed by atoms with Crippen LogP contribution in [0.25, 0.3) is 0 Å². The number of carbonyl (C=O) groups is 2. The lowest BCUT2D eigenvalue weighted by Gasteiger charge is -2.28. The largest absolute Gasteiger partial charge is 0.339 e. The van der Waals surface area contributed by atoms with Gasteiger partial charge in [-0.2, -0.15) is 0 Å². The maximum atomic E-state index is 12.1. The molecule has 0 aromatic heterocycles. The van der Waals surface area contributed by atoms with Crippen molar-refractivity contribution in [1.29, 1.82) is 0 Å². The molecule has 3 nitrogen and oxygen atoms in total. The van der Waals surface area contributed by atoms with E-state index in [4.69, 9.17) is 0 Å². The van der Waals surface area contributed by atoms with Crippen LogP contribution in [0.1, 0.15) is 58.3 Å². The van der Waals surface area contributed by atoms with Gasteiger partial charge in [-0.1, -0.05) is 13.3 Å². The number of ketones is 1. The fourth-order valence-corrected chi connectivity index (χ4v) is 3.24. The molecule has 2 atom stereocenters. The second-order valence-corrected chi connectivity index (χ2v) is 5.37. The van der Waals surface area contributed by atoms with Crippen molar-refractivity contribution < 1.29 is 9.59 Å². The van der Waals surface area contributed by atoms with Gasteiger partial charge in [0.05, 0.1) is 0 Å². The van der Waals surface area contributed by atoms with Crippen LogP contribution in [0.15, 0.2) is 0 Å². The van der Waals surface area contributed by atoms with Crippen LogP contribution in [0.3, 0.4) is 0 Å². The summed E-state index contributed by atoms with van der Waals surface area (Å²) >= 11 is 0. The Hall–Kier alpha value is -0.860. The van der Waals surface area contributed by atoms with Gasteiger partial charge in [-0.05, 0) is 32.1 Å². The molecule has 1 heterocycles. The third-order valence-electron chi connectivity index (χ3n) is 4.18. The van der Waals surface area contributed by atoms with Gasteiger partial charge in [-0.25, -0.2) is 0 Å². The minimum Gasteiger partial charge on any atom is -0.339 e. The third kappa shape index (κ3) is 2.70. The second-order valence-electron chi connectivity index (χ2n) is 5.37. The van der Waals surface area contributed by atoms with E-state index < -0.39 is 0 Å². The lowest BCUT2D eigenvalue weighted by Crippen LogP contribution is -2.41. The van der Waals surface area contributed by atoms with Gasteiger partial charge in [0, 0.05) is 31.3 Å². The summed E-state index contributed by atoms with van der Waals surface area (Å²) in [6.45, 7) is 2.98. The lowest BCUT2D eigenvalue weighted by atomic mass is 9.95. The van der Waals surface area contributed by atoms with E-state index in [0.717, 1.165) is 51.5 Å². The SMILES string of the molecule is CCCCC(=O)N1CCCC1C1CCCC1=O. The number of likely N-dealkylation sites (tertiary alicyclic amines) is 1. The first-order valence-corrected chi connectivity index (χ1v) is 7.06. The van der Waals surface area contributed by atoms with Crippen molar-refractivity contribution >= 4 is 11.7 Å². The first-order valence-electron chi connectivity index (χ1n) is 7.06. The summed E-state index contributed by atoms with van der Waals surface area (Å²) in [4.78, 5) is 25.9. The Morgan fingerprint density at radius 1 is 1.35 bits per heavy atom. The molecule has 2 unspecified atom stereocenters. The van der Waals surface area contributed by atoms with Crippen molar-refractivity contribution in [2.24, 2.45) is 5.92 Å². The van der Waals surface area contributed by atoms with Crippen molar-refractivity contribution in [2.75, 3.05) is 6.54 Å². The van der Waals surface area contributed by atoms with Gasteiger partial charge in [0.25, 0.3) is 0 Å². The molecule has 2 fully saturated rings. The number of hydrogen-bond donors (Lipinski definition) is 0. The number of unbranched alkanes of at least 4 members (excludes halogenated alkanes) is 1. The van der Waals surface area contributed by atoms with Crippen molar-refractivity contribution in [2.45, 2.75) is 64.3 Å². The van der Waals surface area contributed by atoms with Crippen LogP contribution in [0, 0.1) is 5.92 Å². The zero-order valence-corrected chi connectivity index (χ0v) is 10.8. The molecule has 3 heteroatoms. The molecule has 1 saturated carbocycles. The van der Waals surface area contributed by atoms with E-state index in [9.17, 15) is 9.59 Å². The summed E-state index contributed by atoms with van der Waals surface area (Å²) < 4.78 is 0. The molecule has 0 bridgehead atoms. The van der Waals surface area contributed by atoms with Crippen LogP contribution in [0.4, 0.5) is 0 Å². The van der Waals surface area contributed by atoms with Crippen LogP contribution >= 0.6 is 0 Å². The van der Waals surface area contributed by atoms with Crippen LogP contribution in [0.5, 0.6) is 0 Å². The Morgan fingerprint density at radius 2 is 2.18 bits per heavy atom. The Kier molecular flexibility index (Phi) is 4.19. The van der Waals surface area contributed by atoms with Gasteiger partial charge >= 0.3 is 0 Å². The van der Waals surface area contributed by atoms with Crippen molar-refractivity contribution in [3.8, 4) is 0 Å². The number of Topliss-reactive ketones (excluding diaryl/α,β-unsaturated/α-hetero) is 1. The Labute approximate surface area is 104 Å². The molecule has 96 valence electrons. The molecule has 0 aromatic carbocycles. The van der Waals surface area contributed by atoms with Gasteiger partial charge < -0.3 is 4.90 Å². The average Bonchev–Trinajstić information content (AvgIpc) is 2.93. The van der Waals surface area contributed by atoms with Crippen LogP contribution in [-0.4, -0.2) is 29.2 Å². The number of carbonyl (C=O) groups excluding carboxylic acids is 2. The summed E-state index contributed by atoms with van der Waals surface area (Å²) in [5.74, 6) is 0.822. The monoisotopic (exact) mass is 237 g/mol. The highest BCUT2D eigenvalue weighted by Crippen LogP contribution is 2.33. The van der Waals surface area contributed by atoms with Crippen LogP contribution in [-0.2, 0) is 9.59 Å². The highest BCUT2D eigenvalue weighted by atomic mass is 16.2. The molecule has 0 spiro atoms. The molecular formula is C14H23NO2. The number of hydrogen-bond acceptors (Lipinski definition) is 2. The molecule has 0 N–H and O–H groups in total. The Morgan fingerprint density at radius 3 is 2.82 bits per heavy atom. The summed E-state index contributed by atoms with van der Waals surface area (Å²) in [5, 5.41) is 0. The van der Waals surface area contributed by atoms with E-state index in [2.05, 4.69) is 6.92 Å². The molecule has 2 aliphatic rings. The summed E-state index contributed by atoms with van der Waals surface area (Å²) in [7, 11) is 0. The maximum Gasteiger partial charge on any atom is 0.222 e. The highest BCUT2D eigenvalue weighted by Gasteiger charge is 2.39. The average molecular weight is 237 g/mol. The molecular weight excluding hydrogens is 214 g/mol. The predicted octanol–water partition coefficient (Wildman–Crippen LogP) is 2.54. The predicted molar refractivity (Wildman–Crippen MR) is 66.6 cm³/mol. The summed E-state index contributed by atoms with van der Waals surface area (Å²) in [6, 6.07) is 0.231. The van der Waals surface area contributed by atoms with Gasteiger partial charge in [-0.15, -0.1) is 0 Å². The van der Waals surface area contributed by atoms with Crippen molar-refractivity contribution in [3.63, 3.8) is 0 Å². The smallest absolute Gasteiger partial charge is 0.222 e. The van der Waals surface area contributed by atoms with E-state index in [-0.39, 0.29) is 17.9 Å². The molecule has 1 amide bonds. The van der Waals surface area contributed by atoms with Gasteiger partial charge in [0.1, 0.15) is 5.78 Å². The maximum absolute atomic E-state index is 12.1. The summed E-state index contributed by atoms with van der Waals surface area (Å²) in [6.07, 6.45) is 7.57. The normalized spacial score (nSPS) is 29.0. The molecule has 0 radical (unpaired) electrons. The van der Waals surface area contributed by atoms with Crippen molar-refractivity contribution in [1.82, 2.24) is 4.90 Å². The Balaban J connectivity index is 1.96. The summed E-state index contributed by atoms with van der Waals surface area (Å²) in [5.41, 5.74) is 0. The molecule has 0 aromatic rings. The first-order chi connectivity index (χ1) is 8.24. The number of rotatable bonds is 4. The highest BCUT2D eigenvalue weighted by molar-refractivity contribution is 5.85. The van der Waals surface area contributed by atoms with E-state index >= 15 is 0 Å². The van der Waals surface area contributed by atoms with Gasteiger partial charge in [0.2, 0.25) is 5.91 Å². The quantitative estimate of drug-likeness (QED) is 0.753. The van der Waals surface area contributed by atoms with Gasteiger partial charge in [-0.3, -0.25) is 9.59 Å². The zero-order chi connectivity index (χ0) is 12.3. The minimum absolute atomic E-state index is 0.156. The van der Waals surface area contributed by atoms with Gasteiger partial charge in [0.15, 0.2) is 0 Å². The van der Waals surface area contributed by atoms with Crippen LogP contribution in [0.2, 0.25) is 0 Å². The lowest BCUT2D eigenvalue weighted by molar-refractivity contribution is -0.134.